The van der Waals surface area contributed by atoms with Crippen LogP contribution < -0.4 is 0 Å². The van der Waals surface area contributed by atoms with Crippen LogP contribution in [-0.4, -0.2) is 44.4 Å². The molecule has 0 spiro atoms. The zero-order chi connectivity index (χ0) is 22.3. The molecule has 4 aromatic rings. The van der Waals surface area contributed by atoms with Crippen LogP contribution in [-0.2, 0) is 6.42 Å². The van der Waals surface area contributed by atoms with Gasteiger partial charge in [0.25, 0.3) is 5.91 Å². The molecule has 0 radical (unpaired) electrons. The minimum Gasteiger partial charge on any atom is -0.342 e. The van der Waals surface area contributed by atoms with Crippen molar-refractivity contribution in [2.24, 2.45) is 0 Å². The number of carbonyl (C=O) groups is 1. The lowest BCUT2D eigenvalue weighted by Gasteiger charge is -2.17. The Morgan fingerprint density at radius 2 is 1.72 bits per heavy atom. The highest BCUT2D eigenvalue weighted by Crippen LogP contribution is 2.18. The second-order valence-corrected chi connectivity index (χ2v) is 8.07. The van der Waals surface area contributed by atoms with Crippen molar-refractivity contribution >= 4 is 5.91 Å². The van der Waals surface area contributed by atoms with Crippen molar-refractivity contribution in [2.75, 3.05) is 13.6 Å². The van der Waals surface area contributed by atoms with E-state index in [0.29, 0.717) is 5.56 Å². The van der Waals surface area contributed by atoms with Crippen molar-refractivity contribution in [3.63, 3.8) is 0 Å². The summed E-state index contributed by atoms with van der Waals surface area (Å²) in [6.45, 7) is 2.67. The van der Waals surface area contributed by atoms with Gasteiger partial charge in [-0.3, -0.25) is 9.89 Å². The molecule has 1 N–H and O–H groups in total. The fourth-order valence-corrected chi connectivity index (χ4v) is 3.84. The summed E-state index contributed by atoms with van der Waals surface area (Å²) in [5, 5.41) is 12.0. The Hall–Kier alpha value is -3.67. The van der Waals surface area contributed by atoms with Crippen LogP contribution in [0.2, 0.25) is 0 Å². The molecule has 0 saturated heterocycles. The van der Waals surface area contributed by atoms with E-state index < -0.39 is 0 Å². The predicted octanol–water partition coefficient (Wildman–Crippen LogP) is 5.06. The van der Waals surface area contributed by atoms with Crippen LogP contribution in [0.5, 0.6) is 0 Å². The molecule has 2 aromatic carbocycles. The van der Waals surface area contributed by atoms with Gasteiger partial charge in [-0.05, 0) is 44.4 Å². The second kappa shape index (κ2) is 10.1. The molecule has 2 heterocycles. The maximum Gasteiger partial charge on any atom is 0.257 e. The van der Waals surface area contributed by atoms with Gasteiger partial charge in [-0.1, -0.05) is 55.0 Å². The molecule has 0 unspecified atom stereocenters. The van der Waals surface area contributed by atoms with Crippen LogP contribution in [0.1, 0.15) is 41.0 Å². The number of hydrogen-bond donors (Lipinski definition) is 1. The molecular weight excluding hydrogens is 398 g/mol. The maximum atomic E-state index is 12.9. The van der Waals surface area contributed by atoms with Crippen molar-refractivity contribution < 1.29 is 4.79 Å². The highest BCUT2D eigenvalue weighted by atomic mass is 16.2. The predicted molar refractivity (Wildman–Crippen MR) is 127 cm³/mol. The lowest BCUT2D eigenvalue weighted by atomic mass is 10.1. The Balaban J connectivity index is 1.23. The number of aromatic nitrogens is 4. The van der Waals surface area contributed by atoms with Crippen LogP contribution in [0.15, 0.2) is 72.9 Å². The summed E-state index contributed by atoms with van der Waals surface area (Å²) in [6.07, 6.45) is 5.71. The SMILES string of the molecule is Cc1c(C(=O)N(C)CCCCCc2cc(-c3ccccc3)n[nH]2)cnn1-c1ccccc1. The molecule has 0 aliphatic carbocycles. The number of benzene rings is 2. The Bertz CT molecular complexity index is 1150. The Labute approximate surface area is 188 Å². The third kappa shape index (κ3) is 4.97. The van der Waals surface area contributed by atoms with Crippen molar-refractivity contribution in [3.05, 3.63) is 89.9 Å². The van der Waals surface area contributed by atoms with E-state index in [1.54, 1.807) is 11.1 Å². The summed E-state index contributed by atoms with van der Waals surface area (Å²) >= 11 is 0. The summed E-state index contributed by atoms with van der Waals surface area (Å²) in [6, 6.07) is 22.2. The molecule has 0 bridgehead atoms. The third-order valence-corrected chi connectivity index (χ3v) is 5.73. The first kappa shape index (κ1) is 21.6. The van der Waals surface area contributed by atoms with Crippen LogP contribution >= 0.6 is 0 Å². The van der Waals surface area contributed by atoms with Gasteiger partial charge in [-0.15, -0.1) is 0 Å². The molecule has 164 valence electrons. The lowest BCUT2D eigenvalue weighted by molar-refractivity contribution is 0.0792. The monoisotopic (exact) mass is 427 g/mol. The van der Waals surface area contributed by atoms with Gasteiger partial charge in [0.1, 0.15) is 0 Å². The van der Waals surface area contributed by atoms with E-state index in [-0.39, 0.29) is 5.91 Å². The molecule has 32 heavy (non-hydrogen) atoms. The van der Waals surface area contributed by atoms with E-state index in [4.69, 9.17) is 0 Å². The first-order chi connectivity index (χ1) is 15.6. The minimum atomic E-state index is 0.0192. The van der Waals surface area contributed by atoms with Crippen molar-refractivity contribution in [2.45, 2.75) is 32.6 Å². The summed E-state index contributed by atoms with van der Waals surface area (Å²) < 4.78 is 1.81. The van der Waals surface area contributed by atoms with Crippen molar-refractivity contribution in [1.82, 2.24) is 24.9 Å². The molecule has 6 nitrogen and oxygen atoms in total. The van der Waals surface area contributed by atoms with Crippen LogP contribution in [0, 0.1) is 6.92 Å². The molecule has 0 aliphatic heterocycles. The summed E-state index contributed by atoms with van der Waals surface area (Å²) in [5.41, 5.74) is 5.74. The minimum absolute atomic E-state index is 0.0192. The van der Waals surface area contributed by atoms with E-state index in [1.165, 1.54) is 0 Å². The molecule has 1 amide bonds. The number of unbranched alkanes of at least 4 members (excludes halogenated alkanes) is 2. The molecule has 0 saturated carbocycles. The number of carbonyl (C=O) groups excluding carboxylic acids is 1. The zero-order valence-electron chi connectivity index (χ0n) is 18.7. The summed E-state index contributed by atoms with van der Waals surface area (Å²) in [5.74, 6) is 0.0192. The number of rotatable bonds is 9. The molecule has 0 aliphatic rings. The van der Waals surface area contributed by atoms with Gasteiger partial charge in [0.05, 0.1) is 28.8 Å². The third-order valence-electron chi connectivity index (χ3n) is 5.73. The number of hydrogen-bond acceptors (Lipinski definition) is 3. The average Bonchev–Trinajstić information content (AvgIpc) is 3.46. The fraction of sp³-hybridized carbons (Fsp3) is 0.269. The summed E-state index contributed by atoms with van der Waals surface area (Å²) in [4.78, 5) is 14.7. The van der Waals surface area contributed by atoms with Gasteiger partial charge in [-0.2, -0.15) is 10.2 Å². The molecule has 0 fully saturated rings. The number of para-hydroxylation sites is 1. The molecular formula is C26H29N5O. The van der Waals surface area contributed by atoms with E-state index in [9.17, 15) is 4.79 Å². The van der Waals surface area contributed by atoms with Crippen LogP contribution in [0.4, 0.5) is 0 Å². The number of aryl methyl sites for hydroxylation is 1. The normalized spacial score (nSPS) is 10.9. The van der Waals surface area contributed by atoms with E-state index >= 15 is 0 Å². The largest absolute Gasteiger partial charge is 0.342 e. The van der Waals surface area contributed by atoms with Crippen molar-refractivity contribution in [1.29, 1.82) is 0 Å². The van der Waals surface area contributed by atoms with Gasteiger partial charge < -0.3 is 4.90 Å². The lowest BCUT2D eigenvalue weighted by Crippen LogP contribution is -2.28. The second-order valence-electron chi connectivity index (χ2n) is 8.07. The van der Waals surface area contributed by atoms with Crippen LogP contribution in [0.25, 0.3) is 16.9 Å². The zero-order valence-corrected chi connectivity index (χ0v) is 18.7. The standard InChI is InChI=1S/C26H29N5O/c1-20-24(19-27-31(20)23-15-9-4-10-16-23)26(32)30(2)17-11-5-8-14-22-18-25(29-28-22)21-12-6-3-7-13-21/h3-4,6-7,9-10,12-13,15-16,18-19H,5,8,11,14,17H2,1-2H3,(H,28,29). The fourth-order valence-electron chi connectivity index (χ4n) is 3.84. The smallest absolute Gasteiger partial charge is 0.257 e. The van der Waals surface area contributed by atoms with Gasteiger partial charge in [0.2, 0.25) is 0 Å². The van der Waals surface area contributed by atoms with E-state index in [2.05, 4.69) is 33.5 Å². The van der Waals surface area contributed by atoms with Crippen molar-refractivity contribution in [3.8, 4) is 16.9 Å². The molecule has 6 heteroatoms. The van der Waals surface area contributed by atoms with E-state index in [0.717, 1.165) is 60.6 Å². The van der Waals surface area contributed by atoms with Gasteiger partial charge in [0.15, 0.2) is 0 Å². The average molecular weight is 428 g/mol. The number of nitrogens with zero attached hydrogens (tertiary/aromatic N) is 4. The quantitative estimate of drug-likeness (QED) is 0.380. The number of aromatic amines is 1. The number of nitrogens with one attached hydrogen (secondary N) is 1. The van der Waals surface area contributed by atoms with E-state index in [1.807, 2.05) is 67.2 Å². The first-order valence-corrected chi connectivity index (χ1v) is 11.1. The Morgan fingerprint density at radius 3 is 2.47 bits per heavy atom. The Morgan fingerprint density at radius 1 is 1.00 bits per heavy atom. The highest BCUT2D eigenvalue weighted by molar-refractivity contribution is 5.95. The topological polar surface area (TPSA) is 66.8 Å². The molecule has 2 aromatic heterocycles. The highest BCUT2D eigenvalue weighted by Gasteiger charge is 2.18. The molecule has 4 rings (SSSR count). The van der Waals surface area contributed by atoms with Gasteiger partial charge >= 0.3 is 0 Å². The van der Waals surface area contributed by atoms with Gasteiger partial charge in [-0.25, -0.2) is 4.68 Å². The number of H-pyrrole nitrogens is 1. The van der Waals surface area contributed by atoms with Crippen LogP contribution in [0.3, 0.4) is 0 Å². The molecule has 0 atom stereocenters. The Kier molecular flexibility index (Phi) is 6.80. The number of amides is 1. The van der Waals surface area contributed by atoms with Gasteiger partial charge in [0, 0.05) is 24.8 Å². The maximum absolute atomic E-state index is 12.9. The summed E-state index contributed by atoms with van der Waals surface area (Å²) in [7, 11) is 1.86. The first-order valence-electron chi connectivity index (χ1n) is 11.1.